The lowest BCUT2D eigenvalue weighted by Crippen LogP contribution is -2.20. The molecule has 0 bridgehead atoms. The maximum absolute atomic E-state index is 8.57. The van der Waals surface area contributed by atoms with E-state index >= 15 is 0 Å². The average Bonchev–Trinajstić information content (AvgIpc) is 3.41. The van der Waals surface area contributed by atoms with E-state index in [0.717, 1.165) is 22.2 Å². The third-order valence-electron chi connectivity index (χ3n) is 5.96. The fourth-order valence-electron chi connectivity index (χ4n) is 3.71. The van der Waals surface area contributed by atoms with Crippen LogP contribution in [0.1, 0.15) is 20.8 Å². The highest BCUT2D eigenvalue weighted by molar-refractivity contribution is 7.98. The van der Waals surface area contributed by atoms with Gasteiger partial charge in [0.25, 0.3) is 0 Å². The van der Waals surface area contributed by atoms with Crippen LogP contribution in [-0.4, -0.2) is 42.1 Å². The van der Waals surface area contributed by atoms with Crippen molar-refractivity contribution in [1.82, 2.24) is 30.1 Å². The van der Waals surface area contributed by atoms with Gasteiger partial charge in [0.05, 0.1) is 5.52 Å². The normalized spacial score (nSPS) is 11.9. The first-order valence-electron chi connectivity index (χ1n) is 12.8. The Morgan fingerprint density at radius 1 is 1.02 bits per heavy atom. The van der Waals surface area contributed by atoms with Gasteiger partial charge in [-0.05, 0) is 48.7 Å². The fourth-order valence-corrected chi connectivity index (χ4v) is 4.08. The summed E-state index contributed by atoms with van der Waals surface area (Å²) in [6.07, 6.45) is 5.38. The number of nitrogen functional groups attached to an aromatic ring is 1. The minimum atomic E-state index is -0.343. The molecule has 0 atom stereocenters. The van der Waals surface area contributed by atoms with Gasteiger partial charge >= 0.3 is 0 Å². The molecule has 0 aliphatic heterocycles. The zero-order valence-electron chi connectivity index (χ0n) is 23.1. The van der Waals surface area contributed by atoms with Gasteiger partial charge in [0.1, 0.15) is 17.4 Å². The van der Waals surface area contributed by atoms with Gasteiger partial charge in [-0.25, -0.2) is 4.98 Å². The van der Waals surface area contributed by atoms with Crippen LogP contribution >= 0.6 is 11.8 Å². The van der Waals surface area contributed by atoms with E-state index < -0.39 is 0 Å². The predicted octanol–water partition coefficient (Wildman–Crippen LogP) is 6.34. The number of aromatic nitrogens is 6. The second-order valence-electron chi connectivity index (χ2n) is 10.1. The topological polar surface area (TPSA) is 163 Å². The van der Waals surface area contributed by atoms with Gasteiger partial charge in [0, 0.05) is 46.1 Å². The summed E-state index contributed by atoms with van der Waals surface area (Å²) < 4.78 is 5.85. The van der Waals surface area contributed by atoms with Gasteiger partial charge in [-0.3, -0.25) is 4.98 Å². The summed E-state index contributed by atoms with van der Waals surface area (Å²) in [5.41, 5.74) is 8.44. The van der Waals surface area contributed by atoms with E-state index in [1.54, 1.807) is 18.3 Å². The highest BCUT2D eigenvalue weighted by atomic mass is 32.2. The molecule has 2 aromatic carbocycles. The molecule has 0 saturated heterocycles. The van der Waals surface area contributed by atoms with Crippen LogP contribution in [0.2, 0.25) is 0 Å². The molecule has 0 fully saturated rings. The second-order valence-corrected chi connectivity index (χ2v) is 10.9. The zero-order valence-corrected chi connectivity index (χ0v) is 23.9. The van der Waals surface area contributed by atoms with Crippen molar-refractivity contribution in [2.24, 2.45) is 5.41 Å². The Labute approximate surface area is 241 Å². The fraction of sp³-hybridized carbons (Fsp3) is 0.172. The van der Waals surface area contributed by atoms with Crippen molar-refractivity contribution >= 4 is 45.8 Å². The van der Waals surface area contributed by atoms with Crippen LogP contribution in [0, 0.1) is 10.8 Å². The van der Waals surface area contributed by atoms with Crippen LogP contribution in [0.5, 0.6) is 11.6 Å². The van der Waals surface area contributed by atoms with Crippen molar-refractivity contribution in [2.45, 2.75) is 25.9 Å². The lowest BCUT2D eigenvalue weighted by molar-refractivity contribution is 0.456. The largest absolute Gasteiger partial charge is 0.439 e. The summed E-state index contributed by atoms with van der Waals surface area (Å²) >= 11 is 1.39. The van der Waals surface area contributed by atoms with Gasteiger partial charge in [-0.2, -0.15) is 4.98 Å². The number of nitrogens with zero attached hydrogens (tertiary/aromatic N) is 5. The number of nitrogens with one attached hydrogen (secondary N) is 4. The first-order valence-corrected chi connectivity index (χ1v) is 14.0. The molecule has 6 N–H and O–H groups in total. The summed E-state index contributed by atoms with van der Waals surface area (Å²) in [6.45, 7) is 5.97. The van der Waals surface area contributed by atoms with Crippen LogP contribution in [-0.2, 0) is 0 Å². The molecule has 0 amide bonds. The molecule has 0 saturated carbocycles. The minimum Gasteiger partial charge on any atom is -0.439 e. The van der Waals surface area contributed by atoms with Crippen molar-refractivity contribution in [3.63, 3.8) is 0 Å². The third-order valence-corrected chi connectivity index (χ3v) is 6.50. The molecule has 3 heterocycles. The summed E-state index contributed by atoms with van der Waals surface area (Å²) in [4.78, 5) is 16.1. The van der Waals surface area contributed by atoms with Gasteiger partial charge < -0.3 is 31.5 Å². The van der Waals surface area contributed by atoms with Gasteiger partial charge in [-0.15, -0.1) is 10.2 Å². The van der Waals surface area contributed by atoms with E-state index in [4.69, 9.17) is 15.9 Å². The van der Waals surface area contributed by atoms with Crippen molar-refractivity contribution in [3.8, 4) is 23.0 Å². The summed E-state index contributed by atoms with van der Waals surface area (Å²) in [7, 11) is 0. The molecular formula is C29H30N10OS. The van der Waals surface area contributed by atoms with Crippen LogP contribution in [0.4, 0.5) is 17.5 Å². The van der Waals surface area contributed by atoms with Crippen molar-refractivity contribution in [3.05, 3.63) is 78.8 Å². The smallest absolute Gasteiger partial charge is 0.227 e. The second kappa shape index (κ2) is 11.6. The van der Waals surface area contributed by atoms with Crippen LogP contribution in [0.25, 0.3) is 22.3 Å². The molecule has 41 heavy (non-hydrogen) atoms. The Balaban J connectivity index is 1.33. The third kappa shape index (κ3) is 6.97. The number of allylic oxidation sites excluding steroid dienone is 1. The predicted molar refractivity (Wildman–Crippen MR) is 164 cm³/mol. The molecule has 5 rings (SSSR count). The lowest BCUT2D eigenvalue weighted by atomic mass is 9.90. The number of thioether (sulfide) groups is 1. The first-order chi connectivity index (χ1) is 19.7. The zero-order chi connectivity index (χ0) is 29.0. The maximum atomic E-state index is 8.57. The number of H-pyrrole nitrogens is 1. The van der Waals surface area contributed by atoms with Gasteiger partial charge in [0.15, 0.2) is 11.0 Å². The summed E-state index contributed by atoms with van der Waals surface area (Å²) in [5, 5.41) is 25.3. The minimum absolute atomic E-state index is 0.343. The summed E-state index contributed by atoms with van der Waals surface area (Å²) in [6, 6.07) is 18.8. The SMILES string of the molecule is CSc1nc(N)cc(Oc2ccc(-c3nnc(N/C(=C/C(=N)C(C)(C)C)Nc4ccc5cccnc5c4)[nH]3)cc2)n1. The van der Waals surface area contributed by atoms with Crippen LogP contribution < -0.4 is 21.1 Å². The number of hydrogen-bond acceptors (Lipinski definition) is 11. The Hall–Kier alpha value is -4.97. The molecule has 0 spiro atoms. The van der Waals surface area contributed by atoms with E-state index in [1.165, 1.54) is 11.8 Å². The highest BCUT2D eigenvalue weighted by Crippen LogP contribution is 2.26. The Morgan fingerprint density at radius 2 is 1.83 bits per heavy atom. The monoisotopic (exact) mass is 566 g/mol. The average molecular weight is 567 g/mol. The van der Waals surface area contributed by atoms with Gasteiger partial charge in [-0.1, -0.05) is 44.7 Å². The van der Waals surface area contributed by atoms with Crippen LogP contribution in [0.15, 0.2) is 83.9 Å². The van der Waals surface area contributed by atoms with E-state index in [1.807, 2.05) is 81.6 Å². The number of benzene rings is 2. The number of fused-ring (bicyclic) bond motifs is 1. The molecular weight excluding hydrogens is 536 g/mol. The van der Waals surface area contributed by atoms with E-state index in [2.05, 4.69) is 40.8 Å². The van der Waals surface area contributed by atoms with Crippen LogP contribution in [0.3, 0.4) is 0 Å². The van der Waals surface area contributed by atoms with E-state index in [-0.39, 0.29) is 5.41 Å². The standard InChI is InChI=1S/C29H30N10OS/c1-29(2,3)22(30)15-24(33-19-10-7-17-6-5-13-32-21(17)14-19)35-27-37-26(38-39-27)18-8-11-20(12-9-18)40-25-16-23(31)34-28(36-25)41-4/h5-16,30,33H,1-4H3,(H2,31,34,36)(H2,35,37,38,39)/b24-15+,30-22?. The Kier molecular flexibility index (Phi) is 7.83. The number of ether oxygens (including phenoxy) is 1. The maximum Gasteiger partial charge on any atom is 0.227 e. The molecule has 12 heteroatoms. The van der Waals surface area contributed by atoms with E-state index in [0.29, 0.717) is 45.9 Å². The molecule has 208 valence electrons. The van der Waals surface area contributed by atoms with Crippen molar-refractivity contribution in [1.29, 1.82) is 5.41 Å². The molecule has 5 aromatic rings. The molecule has 0 unspecified atom stereocenters. The number of pyridine rings is 1. The quantitative estimate of drug-likeness (QED) is 0.0773. The number of rotatable bonds is 9. The number of aromatic amines is 1. The first kappa shape index (κ1) is 27.6. The van der Waals surface area contributed by atoms with Crippen molar-refractivity contribution in [2.75, 3.05) is 22.6 Å². The van der Waals surface area contributed by atoms with Crippen molar-refractivity contribution < 1.29 is 4.74 Å². The van der Waals surface area contributed by atoms with E-state index in [9.17, 15) is 0 Å². The Morgan fingerprint density at radius 3 is 2.59 bits per heavy atom. The molecule has 0 aliphatic rings. The summed E-state index contributed by atoms with van der Waals surface area (Å²) in [5.74, 6) is 2.86. The number of hydrogen-bond donors (Lipinski definition) is 5. The van der Waals surface area contributed by atoms with Gasteiger partial charge in [0.2, 0.25) is 11.8 Å². The molecule has 11 nitrogen and oxygen atoms in total. The number of nitrogens with two attached hydrogens (primary N) is 1. The Bertz CT molecular complexity index is 1720. The number of anilines is 3. The lowest BCUT2D eigenvalue weighted by Gasteiger charge is -2.19. The molecule has 0 aliphatic carbocycles. The molecule has 3 aromatic heterocycles. The highest BCUT2D eigenvalue weighted by Gasteiger charge is 2.17. The molecule has 0 radical (unpaired) electrons.